The summed E-state index contributed by atoms with van der Waals surface area (Å²) >= 11 is 0. The number of ether oxygens (including phenoxy) is 1. The molecule has 16 heavy (non-hydrogen) atoms. The molecule has 0 bridgehead atoms. The molecule has 0 aromatic heterocycles. The topological polar surface area (TPSA) is 33.0 Å². The fourth-order valence-electron chi connectivity index (χ4n) is 1.61. The first kappa shape index (κ1) is 10.5. The molecule has 0 heterocycles. The van der Waals surface area contributed by atoms with Crippen molar-refractivity contribution in [1.29, 1.82) is 5.26 Å². The third-order valence-electron chi connectivity index (χ3n) is 2.51. The Labute approximate surface area is 95.1 Å². The van der Waals surface area contributed by atoms with Crippen molar-refractivity contribution < 1.29 is 4.74 Å². The lowest BCUT2D eigenvalue weighted by Crippen LogP contribution is -2.11. The zero-order valence-corrected chi connectivity index (χ0v) is 9.18. The average Bonchev–Trinajstić information content (AvgIpc) is 2.35. The van der Waals surface area contributed by atoms with Crippen molar-refractivity contribution in [2.75, 3.05) is 0 Å². The van der Waals surface area contributed by atoms with Gasteiger partial charge in [0.05, 0.1) is 0 Å². The Hall–Kier alpha value is -2.01. The SMILES string of the molecule is CCC(C#N)Oc1ccc2ccccc2c1. The maximum atomic E-state index is 8.83. The molecule has 1 atom stereocenters. The van der Waals surface area contributed by atoms with Crippen LogP contribution in [0, 0.1) is 11.3 Å². The number of hydrogen-bond donors (Lipinski definition) is 0. The van der Waals surface area contributed by atoms with Gasteiger partial charge in [0, 0.05) is 0 Å². The van der Waals surface area contributed by atoms with E-state index in [1.807, 2.05) is 43.3 Å². The molecular weight excluding hydrogens is 198 g/mol. The van der Waals surface area contributed by atoms with E-state index >= 15 is 0 Å². The van der Waals surface area contributed by atoms with E-state index in [4.69, 9.17) is 10.00 Å². The number of benzene rings is 2. The van der Waals surface area contributed by atoms with Gasteiger partial charge in [-0.1, -0.05) is 37.3 Å². The highest BCUT2D eigenvalue weighted by Gasteiger charge is 2.05. The van der Waals surface area contributed by atoms with Crippen LogP contribution in [0.2, 0.25) is 0 Å². The molecule has 0 fully saturated rings. The summed E-state index contributed by atoms with van der Waals surface area (Å²) in [4.78, 5) is 0. The minimum Gasteiger partial charge on any atom is -0.476 e. The highest BCUT2D eigenvalue weighted by Crippen LogP contribution is 2.21. The number of fused-ring (bicyclic) bond motifs is 1. The Morgan fingerprint density at radius 2 is 1.94 bits per heavy atom. The Morgan fingerprint density at radius 3 is 2.62 bits per heavy atom. The molecule has 0 saturated carbocycles. The van der Waals surface area contributed by atoms with Crippen molar-refractivity contribution in [2.24, 2.45) is 0 Å². The molecule has 2 aromatic carbocycles. The van der Waals surface area contributed by atoms with E-state index in [0.29, 0.717) is 6.42 Å². The van der Waals surface area contributed by atoms with Crippen molar-refractivity contribution in [1.82, 2.24) is 0 Å². The Balaban J connectivity index is 2.30. The van der Waals surface area contributed by atoms with E-state index in [1.165, 1.54) is 5.39 Å². The van der Waals surface area contributed by atoms with Crippen LogP contribution in [-0.4, -0.2) is 6.10 Å². The van der Waals surface area contributed by atoms with Gasteiger partial charge < -0.3 is 4.74 Å². The number of nitrogens with zero attached hydrogens (tertiary/aromatic N) is 1. The van der Waals surface area contributed by atoms with Gasteiger partial charge in [-0.15, -0.1) is 0 Å². The van der Waals surface area contributed by atoms with Crippen LogP contribution < -0.4 is 4.74 Å². The van der Waals surface area contributed by atoms with E-state index in [1.54, 1.807) is 0 Å². The van der Waals surface area contributed by atoms with Crippen LogP contribution in [0.4, 0.5) is 0 Å². The van der Waals surface area contributed by atoms with Gasteiger partial charge in [0.2, 0.25) is 0 Å². The lowest BCUT2D eigenvalue weighted by molar-refractivity contribution is 0.252. The quantitative estimate of drug-likeness (QED) is 0.778. The van der Waals surface area contributed by atoms with Gasteiger partial charge in [0.15, 0.2) is 6.10 Å². The van der Waals surface area contributed by atoms with Crippen molar-refractivity contribution in [3.63, 3.8) is 0 Å². The second kappa shape index (κ2) is 4.67. The molecule has 0 N–H and O–H groups in total. The molecule has 2 nitrogen and oxygen atoms in total. The predicted molar refractivity (Wildman–Crippen MR) is 64.3 cm³/mol. The van der Waals surface area contributed by atoms with Gasteiger partial charge in [0.1, 0.15) is 11.8 Å². The minimum absolute atomic E-state index is 0.360. The van der Waals surface area contributed by atoms with Crippen LogP contribution in [0.15, 0.2) is 42.5 Å². The summed E-state index contributed by atoms with van der Waals surface area (Å²) in [5, 5.41) is 11.1. The second-order valence-electron chi connectivity index (χ2n) is 3.65. The van der Waals surface area contributed by atoms with Crippen molar-refractivity contribution >= 4 is 10.8 Å². The summed E-state index contributed by atoms with van der Waals surface area (Å²) in [6, 6.07) is 16.1. The summed E-state index contributed by atoms with van der Waals surface area (Å²) in [7, 11) is 0. The number of rotatable bonds is 3. The van der Waals surface area contributed by atoms with Crippen molar-refractivity contribution in [3.05, 3.63) is 42.5 Å². The van der Waals surface area contributed by atoms with Crippen LogP contribution >= 0.6 is 0 Å². The standard InChI is InChI=1S/C14H13NO/c1-2-13(10-15)16-14-8-7-11-5-3-4-6-12(11)9-14/h3-9,13H,2H2,1H3. The highest BCUT2D eigenvalue weighted by atomic mass is 16.5. The molecule has 0 amide bonds. The van der Waals surface area contributed by atoms with Crippen LogP contribution in [0.25, 0.3) is 10.8 Å². The third-order valence-corrected chi connectivity index (χ3v) is 2.51. The molecule has 0 aliphatic carbocycles. The molecule has 1 unspecified atom stereocenters. The first-order valence-corrected chi connectivity index (χ1v) is 5.38. The van der Waals surface area contributed by atoms with Gasteiger partial charge in [-0.25, -0.2) is 0 Å². The van der Waals surface area contributed by atoms with E-state index < -0.39 is 0 Å². The van der Waals surface area contributed by atoms with E-state index in [0.717, 1.165) is 11.1 Å². The van der Waals surface area contributed by atoms with E-state index in [2.05, 4.69) is 12.1 Å². The summed E-state index contributed by atoms with van der Waals surface area (Å²) < 4.78 is 5.56. The van der Waals surface area contributed by atoms with Crippen molar-refractivity contribution in [3.8, 4) is 11.8 Å². The number of nitriles is 1. The first-order valence-electron chi connectivity index (χ1n) is 5.38. The van der Waals surface area contributed by atoms with Crippen molar-refractivity contribution in [2.45, 2.75) is 19.4 Å². The van der Waals surface area contributed by atoms with E-state index in [9.17, 15) is 0 Å². The molecular formula is C14H13NO. The summed E-state index contributed by atoms with van der Waals surface area (Å²) in [6.45, 7) is 1.94. The fourth-order valence-corrected chi connectivity index (χ4v) is 1.61. The summed E-state index contributed by atoms with van der Waals surface area (Å²) in [6.07, 6.45) is 0.338. The molecule has 0 saturated heterocycles. The third kappa shape index (κ3) is 2.14. The fraction of sp³-hybridized carbons (Fsp3) is 0.214. The lowest BCUT2D eigenvalue weighted by Gasteiger charge is -2.10. The largest absolute Gasteiger partial charge is 0.476 e. The number of hydrogen-bond acceptors (Lipinski definition) is 2. The van der Waals surface area contributed by atoms with Crippen LogP contribution in [-0.2, 0) is 0 Å². The lowest BCUT2D eigenvalue weighted by atomic mass is 10.1. The first-order chi connectivity index (χ1) is 7.83. The normalized spacial score (nSPS) is 12.0. The summed E-state index contributed by atoms with van der Waals surface area (Å²) in [5.41, 5.74) is 0. The van der Waals surface area contributed by atoms with Gasteiger partial charge in [-0.2, -0.15) is 5.26 Å². The highest BCUT2D eigenvalue weighted by molar-refractivity contribution is 5.83. The molecule has 0 aliphatic rings. The Bertz CT molecular complexity index is 527. The smallest absolute Gasteiger partial charge is 0.184 e. The minimum atomic E-state index is -0.360. The molecule has 2 heteroatoms. The van der Waals surface area contributed by atoms with Gasteiger partial charge >= 0.3 is 0 Å². The second-order valence-corrected chi connectivity index (χ2v) is 3.65. The maximum absolute atomic E-state index is 8.83. The monoisotopic (exact) mass is 211 g/mol. The molecule has 2 aromatic rings. The average molecular weight is 211 g/mol. The van der Waals surface area contributed by atoms with Crippen LogP contribution in [0.3, 0.4) is 0 Å². The van der Waals surface area contributed by atoms with Crippen LogP contribution in [0.5, 0.6) is 5.75 Å². The Kier molecular flexibility index (Phi) is 3.07. The molecule has 0 spiro atoms. The van der Waals surface area contributed by atoms with Crippen LogP contribution in [0.1, 0.15) is 13.3 Å². The predicted octanol–water partition coefficient (Wildman–Crippen LogP) is 3.52. The van der Waals surface area contributed by atoms with E-state index in [-0.39, 0.29) is 6.10 Å². The Morgan fingerprint density at radius 1 is 1.19 bits per heavy atom. The molecule has 2 rings (SSSR count). The summed E-state index contributed by atoms with van der Waals surface area (Å²) in [5.74, 6) is 0.757. The van der Waals surface area contributed by atoms with Gasteiger partial charge in [-0.3, -0.25) is 0 Å². The van der Waals surface area contributed by atoms with Gasteiger partial charge in [-0.05, 0) is 29.3 Å². The maximum Gasteiger partial charge on any atom is 0.184 e. The zero-order valence-electron chi connectivity index (χ0n) is 9.18. The molecule has 80 valence electrons. The zero-order chi connectivity index (χ0) is 11.4. The molecule has 0 radical (unpaired) electrons. The van der Waals surface area contributed by atoms with Gasteiger partial charge in [0.25, 0.3) is 0 Å². The molecule has 0 aliphatic heterocycles.